The van der Waals surface area contributed by atoms with Crippen LogP contribution in [-0.4, -0.2) is 26.0 Å². The molecule has 1 aromatic rings. The molecule has 20 heavy (non-hydrogen) atoms. The average molecular weight is 379 g/mol. The van der Waals surface area contributed by atoms with Crippen LogP contribution in [0, 0.1) is 0 Å². The van der Waals surface area contributed by atoms with Crippen LogP contribution in [0.5, 0.6) is 0 Å². The van der Waals surface area contributed by atoms with E-state index in [1.807, 2.05) is 11.8 Å². The maximum atomic E-state index is 12.4. The summed E-state index contributed by atoms with van der Waals surface area (Å²) in [5.41, 5.74) is 6.07. The third-order valence-corrected chi connectivity index (χ3v) is 6.71. The number of thioether (sulfide) groups is 1. The fourth-order valence-electron chi connectivity index (χ4n) is 2.49. The van der Waals surface area contributed by atoms with E-state index in [2.05, 4.69) is 26.9 Å². The van der Waals surface area contributed by atoms with Crippen molar-refractivity contribution in [3.8, 4) is 0 Å². The Balaban J connectivity index is 2.16. The Bertz CT molecular complexity index is 578. The molecule has 0 heterocycles. The molecule has 0 aliphatic heterocycles. The largest absolute Gasteiger partial charge is 0.398 e. The van der Waals surface area contributed by atoms with Gasteiger partial charge < -0.3 is 5.73 Å². The zero-order valence-corrected chi connectivity index (χ0v) is 14.5. The summed E-state index contributed by atoms with van der Waals surface area (Å²) in [7, 11) is -3.56. The summed E-state index contributed by atoms with van der Waals surface area (Å²) < 4.78 is 28.4. The number of anilines is 1. The monoisotopic (exact) mass is 378 g/mol. The van der Waals surface area contributed by atoms with E-state index in [-0.39, 0.29) is 16.6 Å². The van der Waals surface area contributed by atoms with Gasteiger partial charge in [0.25, 0.3) is 0 Å². The molecule has 0 saturated heterocycles. The first-order valence-electron chi connectivity index (χ1n) is 6.52. The minimum atomic E-state index is -3.56. The van der Waals surface area contributed by atoms with Crippen molar-refractivity contribution in [2.75, 3.05) is 12.0 Å². The topological polar surface area (TPSA) is 72.2 Å². The van der Waals surface area contributed by atoms with E-state index < -0.39 is 10.0 Å². The number of halogens is 1. The van der Waals surface area contributed by atoms with Gasteiger partial charge in [0.2, 0.25) is 10.0 Å². The van der Waals surface area contributed by atoms with Gasteiger partial charge in [-0.3, -0.25) is 0 Å². The van der Waals surface area contributed by atoms with Crippen molar-refractivity contribution in [2.24, 2.45) is 0 Å². The van der Waals surface area contributed by atoms with Crippen molar-refractivity contribution in [3.63, 3.8) is 0 Å². The van der Waals surface area contributed by atoms with Crippen molar-refractivity contribution >= 4 is 43.4 Å². The number of nitrogen functional groups attached to an aromatic ring is 1. The Morgan fingerprint density at radius 2 is 2.15 bits per heavy atom. The highest BCUT2D eigenvalue weighted by Crippen LogP contribution is 2.29. The highest BCUT2D eigenvalue weighted by molar-refractivity contribution is 9.10. The van der Waals surface area contributed by atoms with E-state index in [4.69, 9.17) is 5.73 Å². The summed E-state index contributed by atoms with van der Waals surface area (Å²) in [6.45, 7) is 0. The lowest BCUT2D eigenvalue weighted by molar-refractivity contribution is 0.421. The summed E-state index contributed by atoms with van der Waals surface area (Å²) >= 11 is 5.09. The van der Waals surface area contributed by atoms with Gasteiger partial charge in [-0.2, -0.15) is 11.8 Å². The highest BCUT2D eigenvalue weighted by Gasteiger charge is 2.27. The third kappa shape index (κ3) is 3.90. The molecule has 2 rings (SSSR count). The van der Waals surface area contributed by atoms with Crippen LogP contribution < -0.4 is 10.5 Å². The predicted octanol–water partition coefficient (Wildman–Crippen LogP) is 2.98. The quantitative estimate of drug-likeness (QED) is 0.789. The maximum absolute atomic E-state index is 12.4. The number of rotatable bonds is 4. The van der Waals surface area contributed by atoms with Gasteiger partial charge >= 0.3 is 0 Å². The lowest BCUT2D eigenvalue weighted by atomic mass is 9.96. The first kappa shape index (κ1) is 16.1. The fourth-order valence-corrected chi connectivity index (χ4v) is 5.27. The van der Waals surface area contributed by atoms with Gasteiger partial charge in [0.1, 0.15) is 4.90 Å². The summed E-state index contributed by atoms with van der Waals surface area (Å²) in [5, 5.41) is 0.538. The fraction of sp³-hybridized carbons (Fsp3) is 0.538. The second-order valence-electron chi connectivity index (χ2n) is 5.02. The summed E-state index contributed by atoms with van der Waals surface area (Å²) in [4.78, 5) is 0.151. The Morgan fingerprint density at radius 3 is 2.85 bits per heavy atom. The van der Waals surface area contributed by atoms with Crippen LogP contribution in [0.25, 0.3) is 0 Å². The molecule has 0 radical (unpaired) electrons. The molecule has 1 aliphatic carbocycles. The van der Waals surface area contributed by atoms with Gasteiger partial charge in [0, 0.05) is 15.8 Å². The molecule has 0 spiro atoms. The van der Waals surface area contributed by atoms with Crippen LogP contribution in [0.15, 0.2) is 27.6 Å². The van der Waals surface area contributed by atoms with E-state index >= 15 is 0 Å². The van der Waals surface area contributed by atoms with Crippen LogP contribution in [-0.2, 0) is 10.0 Å². The van der Waals surface area contributed by atoms with Gasteiger partial charge in [-0.15, -0.1) is 0 Å². The SMILES string of the molecule is CSC1CCCC(NS(=O)(=O)c2cc(Br)ccc2N)C1. The van der Waals surface area contributed by atoms with E-state index in [0.717, 1.165) is 19.3 Å². The molecule has 7 heteroatoms. The molecule has 0 bridgehead atoms. The molecule has 0 amide bonds. The normalized spacial score (nSPS) is 23.7. The molecule has 1 saturated carbocycles. The van der Waals surface area contributed by atoms with Crippen molar-refractivity contribution < 1.29 is 8.42 Å². The molecule has 1 aliphatic rings. The standard InChI is InChI=1S/C13H19BrN2O2S2/c1-19-11-4-2-3-10(8-11)16-20(17,18)13-7-9(14)5-6-12(13)15/h5-7,10-11,16H,2-4,8,15H2,1H3. The smallest absolute Gasteiger partial charge is 0.242 e. The van der Waals surface area contributed by atoms with Crippen LogP contribution in [0.3, 0.4) is 0 Å². The Labute approximate surface area is 133 Å². The molecular formula is C13H19BrN2O2S2. The van der Waals surface area contributed by atoms with Crippen LogP contribution >= 0.6 is 27.7 Å². The number of sulfonamides is 1. The zero-order valence-electron chi connectivity index (χ0n) is 11.3. The lowest BCUT2D eigenvalue weighted by Crippen LogP contribution is -2.39. The predicted molar refractivity (Wildman–Crippen MR) is 88.4 cm³/mol. The number of hydrogen-bond donors (Lipinski definition) is 2. The summed E-state index contributed by atoms with van der Waals surface area (Å²) in [5.74, 6) is 0. The van der Waals surface area contributed by atoms with Crippen molar-refractivity contribution in [1.82, 2.24) is 4.72 Å². The van der Waals surface area contributed by atoms with Crippen LogP contribution in [0.1, 0.15) is 25.7 Å². The van der Waals surface area contributed by atoms with Gasteiger partial charge in [-0.05, 0) is 43.7 Å². The summed E-state index contributed by atoms with van der Waals surface area (Å²) in [6, 6.07) is 4.89. The van der Waals surface area contributed by atoms with Gasteiger partial charge in [0.05, 0.1) is 5.69 Å². The van der Waals surface area contributed by atoms with E-state index in [0.29, 0.717) is 9.72 Å². The second-order valence-corrected chi connectivity index (χ2v) is 8.76. The van der Waals surface area contributed by atoms with Crippen LogP contribution in [0.4, 0.5) is 5.69 Å². The molecule has 1 aromatic carbocycles. The third-order valence-electron chi connectivity index (χ3n) is 3.55. The van der Waals surface area contributed by atoms with Gasteiger partial charge in [0.15, 0.2) is 0 Å². The number of nitrogens with one attached hydrogen (secondary N) is 1. The van der Waals surface area contributed by atoms with E-state index in [1.54, 1.807) is 18.2 Å². The number of hydrogen-bond acceptors (Lipinski definition) is 4. The zero-order chi connectivity index (χ0) is 14.8. The second kappa shape index (κ2) is 6.68. The van der Waals surface area contributed by atoms with Crippen molar-refractivity contribution in [3.05, 3.63) is 22.7 Å². The first-order valence-corrected chi connectivity index (χ1v) is 10.1. The average Bonchev–Trinajstić information content (AvgIpc) is 2.41. The molecule has 2 atom stereocenters. The molecule has 112 valence electrons. The minimum Gasteiger partial charge on any atom is -0.398 e. The first-order chi connectivity index (χ1) is 9.42. The summed E-state index contributed by atoms with van der Waals surface area (Å²) in [6.07, 6.45) is 6.08. The Kier molecular flexibility index (Phi) is 5.39. The molecule has 2 unspecified atom stereocenters. The van der Waals surface area contributed by atoms with Crippen LogP contribution in [0.2, 0.25) is 0 Å². The molecule has 4 nitrogen and oxygen atoms in total. The Hall–Kier alpha value is -0.240. The van der Waals surface area contributed by atoms with E-state index in [1.165, 1.54) is 6.42 Å². The van der Waals surface area contributed by atoms with E-state index in [9.17, 15) is 8.42 Å². The molecular weight excluding hydrogens is 360 g/mol. The van der Waals surface area contributed by atoms with Crippen molar-refractivity contribution in [1.29, 1.82) is 0 Å². The highest BCUT2D eigenvalue weighted by atomic mass is 79.9. The number of nitrogens with two attached hydrogens (primary N) is 1. The molecule has 3 N–H and O–H groups in total. The van der Waals surface area contributed by atoms with Crippen molar-refractivity contribution in [2.45, 2.75) is 41.9 Å². The van der Waals surface area contributed by atoms with Gasteiger partial charge in [-0.1, -0.05) is 22.4 Å². The maximum Gasteiger partial charge on any atom is 0.242 e. The van der Waals surface area contributed by atoms with Gasteiger partial charge in [-0.25, -0.2) is 13.1 Å². The minimum absolute atomic E-state index is 0.00424. The molecule has 1 fully saturated rings. The molecule has 0 aromatic heterocycles. The number of benzene rings is 1. The lowest BCUT2D eigenvalue weighted by Gasteiger charge is -2.28. The Morgan fingerprint density at radius 1 is 1.40 bits per heavy atom.